The Labute approximate surface area is 175 Å². The minimum absolute atomic E-state index is 0.101. The average molecular weight is 409 g/mol. The number of nitrogens with zero attached hydrogens (tertiary/aromatic N) is 4. The molecule has 2 aliphatic rings. The van der Waals surface area contributed by atoms with Gasteiger partial charge in [0.25, 0.3) is 11.5 Å². The van der Waals surface area contributed by atoms with E-state index >= 15 is 0 Å². The van der Waals surface area contributed by atoms with Gasteiger partial charge in [0, 0.05) is 43.9 Å². The average Bonchev–Trinajstić information content (AvgIpc) is 3.24. The molecule has 8 nitrogen and oxygen atoms in total. The highest BCUT2D eigenvalue weighted by molar-refractivity contribution is 5.95. The highest BCUT2D eigenvalue weighted by Gasteiger charge is 2.33. The fourth-order valence-electron chi connectivity index (χ4n) is 4.37. The number of aromatic nitrogens is 3. The fourth-order valence-corrected chi connectivity index (χ4v) is 4.37. The van der Waals surface area contributed by atoms with Crippen molar-refractivity contribution in [2.45, 2.75) is 58.5 Å². The number of rotatable bonds is 4. The van der Waals surface area contributed by atoms with E-state index in [2.05, 4.69) is 9.97 Å². The van der Waals surface area contributed by atoms with E-state index in [-0.39, 0.29) is 30.0 Å². The van der Waals surface area contributed by atoms with Gasteiger partial charge < -0.3 is 14.8 Å². The van der Waals surface area contributed by atoms with Gasteiger partial charge in [-0.15, -0.1) is 0 Å². The third-order valence-electron chi connectivity index (χ3n) is 5.98. The first-order valence-electron chi connectivity index (χ1n) is 10.6. The third-order valence-corrected chi connectivity index (χ3v) is 5.98. The van der Waals surface area contributed by atoms with Crippen LogP contribution in [-0.2, 0) is 17.8 Å². The molecule has 158 valence electrons. The molecule has 0 aliphatic carbocycles. The van der Waals surface area contributed by atoms with E-state index in [9.17, 15) is 14.4 Å². The largest absolute Gasteiger partial charge is 0.334 e. The lowest BCUT2D eigenvalue weighted by Gasteiger charge is -2.29. The summed E-state index contributed by atoms with van der Waals surface area (Å²) >= 11 is 0. The molecule has 0 bridgehead atoms. The maximum atomic E-state index is 12.9. The van der Waals surface area contributed by atoms with Gasteiger partial charge in [0.15, 0.2) is 0 Å². The lowest BCUT2D eigenvalue weighted by molar-refractivity contribution is -0.132. The summed E-state index contributed by atoms with van der Waals surface area (Å²) < 4.78 is 0. The van der Waals surface area contributed by atoms with Crippen molar-refractivity contribution >= 4 is 11.8 Å². The van der Waals surface area contributed by atoms with Crippen molar-refractivity contribution < 1.29 is 9.59 Å². The van der Waals surface area contributed by atoms with E-state index in [1.807, 2.05) is 18.7 Å². The molecule has 0 unspecified atom stereocenters. The number of aromatic amines is 1. The standard InChI is InChI=1S/C22H27N5O3/c1-3-5-19(28)27-10-4-6-18(27)20-24-17-8-11-26(13-16(17)21(29)25-20)22(30)15-7-9-23-12-14(15)2/h7,9,12,18H,3-6,8,10-11,13H2,1-2H3,(H,24,25,29)/t18-/m0/s1. The number of hydrogen-bond donors (Lipinski definition) is 1. The lowest BCUT2D eigenvalue weighted by Crippen LogP contribution is -2.41. The molecule has 1 atom stereocenters. The van der Waals surface area contributed by atoms with Crippen molar-refractivity contribution in [1.82, 2.24) is 24.8 Å². The lowest BCUT2D eigenvalue weighted by atomic mass is 10.0. The summed E-state index contributed by atoms with van der Waals surface area (Å²) in [5.41, 5.74) is 2.47. The molecule has 4 rings (SSSR count). The molecule has 2 aromatic rings. The van der Waals surface area contributed by atoms with Crippen LogP contribution in [0.15, 0.2) is 23.3 Å². The Morgan fingerprint density at radius 1 is 1.30 bits per heavy atom. The highest BCUT2D eigenvalue weighted by Crippen LogP contribution is 2.31. The summed E-state index contributed by atoms with van der Waals surface area (Å²) in [5.74, 6) is 0.589. The Morgan fingerprint density at radius 2 is 2.13 bits per heavy atom. The van der Waals surface area contributed by atoms with Crippen molar-refractivity contribution in [1.29, 1.82) is 0 Å². The highest BCUT2D eigenvalue weighted by atomic mass is 16.2. The predicted molar refractivity (Wildman–Crippen MR) is 111 cm³/mol. The van der Waals surface area contributed by atoms with Gasteiger partial charge >= 0.3 is 0 Å². The van der Waals surface area contributed by atoms with Gasteiger partial charge in [-0.1, -0.05) is 6.92 Å². The van der Waals surface area contributed by atoms with Gasteiger partial charge in [0.2, 0.25) is 5.91 Å². The molecule has 30 heavy (non-hydrogen) atoms. The summed E-state index contributed by atoms with van der Waals surface area (Å²) in [6.07, 6.45) is 6.83. The zero-order valence-electron chi connectivity index (χ0n) is 17.5. The second kappa shape index (κ2) is 8.38. The van der Waals surface area contributed by atoms with E-state index in [0.29, 0.717) is 42.9 Å². The molecular weight excluding hydrogens is 382 g/mol. The van der Waals surface area contributed by atoms with E-state index in [1.165, 1.54) is 0 Å². The zero-order chi connectivity index (χ0) is 21.3. The summed E-state index contributed by atoms with van der Waals surface area (Å²) in [6, 6.07) is 1.54. The van der Waals surface area contributed by atoms with Crippen LogP contribution in [-0.4, -0.2) is 49.7 Å². The van der Waals surface area contributed by atoms with Crippen LogP contribution >= 0.6 is 0 Å². The third kappa shape index (κ3) is 3.74. The molecule has 2 aliphatic heterocycles. The van der Waals surface area contributed by atoms with E-state index in [4.69, 9.17) is 4.98 Å². The van der Waals surface area contributed by atoms with Gasteiger partial charge in [-0.25, -0.2) is 4.98 Å². The second-order valence-electron chi connectivity index (χ2n) is 8.04. The van der Waals surface area contributed by atoms with Crippen LogP contribution in [0.25, 0.3) is 0 Å². The van der Waals surface area contributed by atoms with E-state index < -0.39 is 0 Å². The zero-order valence-corrected chi connectivity index (χ0v) is 17.5. The Bertz CT molecular complexity index is 1030. The summed E-state index contributed by atoms with van der Waals surface area (Å²) in [5, 5.41) is 0. The second-order valence-corrected chi connectivity index (χ2v) is 8.04. The molecule has 0 aromatic carbocycles. The van der Waals surface area contributed by atoms with Gasteiger partial charge in [0.05, 0.1) is 23.8 Å². The smallest absolute Gasteiger partial charge is 0.256 e. The molecule has 2 amide bonds. The Balaban J connectivity index is 1.57. The summed E-state index contributed by atoms with van der Waals surface area (Å²) in [7, 11) is 0. The quantitative estimate of drug-likeness (QED) is 0.834. The summed E-state index contributed by atoms with van der Waals surface area (Å²) in [6.45, 7) is 5.29. The predicted octanol–water partition coefficient (Wildman–Crippen LogP) is 2.14. The molecule has 2 aromatic heterocycles. The SMILES string of the molecule is CCCC(=O)N1CCC[C@H]1c1nc2c(c(=O)[nH]1)CN(C(=O)c1ccncc1C)CC2. The first-order valence-corrected chi connectivity index (χ1v) is 10.6. The van der Waals surface area contributed by atoms with Crippen molar-refractivity contribution in [2.24, 2.45) is 0 Å². The van der Waals surface area contributed by atoms with Gasteiger partial charge in [-0.05, 0) is 37.8 Å². The normalized spacial score (nSPS) is 18.4. The molecule has 8 heteroatoms. The number of carbonyl (C=O) groups is 2. The number of fused-ring (bicyclic) bond motifs is 1. The molecule has 1 N–H and O–H groups in total. The van der Waals surface area contributed by atoms with Crippen LogP contribution in [0.1, 0.15) is 71.7 Å². The number of pyridine rings is 1. The molecule has 0 radical (unpaired) electrons. The van der Waals surface area contributed by atoms with Crippen LogP contribution in [0.3, 0.4) is 0 Å². The van der Waals surface area contributed by atoms with Crippen LogP contribution in [0.4, 0.5) is 0 Å². The van der Waals surface area contributed by atoms with Crippen LogP contribution < -0.4 is 5.56 Å². The number of H-pyrrole nitrogens is 1. The van der Waals surface area contributed by atoms with Gasteiger partial charge in [-0.3, -0.25) is 19.4 Å². The molecule has 1 fully saturated rings. The molecular formula is C22H27N5O3. The molecule has 1 saturated heterocycles. The number of likely N-dealkylation sites (tertiary alicyclic amines) is 1. The minimum atomic E-state index is -0.214. The van der Waals surface area contributed by atoms with E-state index in [0.717, 1.165) is 30.5 Å². The van der Waals surface area contributed by atoms with Crippen molar-refractivity contribution in [2.75, 3.05) is 13.1 Å². The van der Waals surface area contributed by atoms with E-state index in [1.54, 1.807) is 23.4 Å². The number of aryl methyl sites for hydroxylation is 1. The van der Waals surface area contributed by atoms with Crippen LogP contribution in [0.2, 0.25) is 0 Å². The molecule has 4 heterocycles. The number of nitrogens with one attached hydrogen (secondary N) is 1. The topological polar surface area (TPSA) is 99.3 Å². The number of carbonyl (C=O) groups excluding carboxylic acids is 2. The monoisotopic (exact) mass is 409 g/mol. The van der Waals surface area contributed by atoms with Crippen molar-refractivity contribution in [3.63, 3.8) is 0 Å². The maximum Gasteiger partial charge on any atom is 0.256 e. The Hall–Kier alpha value is -3.03. The fraction of sp³-hybridized carbons (Fsp3) is 0.500. The Kier molecular flexibility index (Phi) is 5.65. The molecule has 0 spiro atoms. The number of amides is 2. The van der Waals surface area contributed by atoms with Crippen LogP contribution in [0, 0.1) is 6.92 Å². The van der Waals surface area contributed by atoms with Gasteiger partial charge in [-0.2, -0.15) is 0 Å². The van der Waals surface area contributed by atoms with Crippen molar-refractivity contribution in [3.05, 3.63) is 57.0 Å². The minimum Gasteiger partial charge on any atom is -0.334 e. The first-order chi connectivity index (χ1) is 14.5. The maximum absolute atomic E-state index is 12.9. The summed E-state index contributed by atoms with van der Waals surface area (Å²) in [4.78, 5) is 53.4. The van der Waals surface area contributed by atoms with Gasteiger partial charge in [0.1, 0.15) is 5.82 Å². The van der Waals surface area contributed by atoms with Crippen LogP contribution in [0.5, 0.6) is 0 Å². The van der Waals surface area contributed by atoms with Crippen molar-refractivity contribution in [3.8, 4) is 0 Å². The first kappa shape index (κ1) is 20.3. The molecule has 0 saturated carbocycles. The number of hydrogen-bond acceptors (Lipinski definition) is 5. The Morgan fingerprint density at radius 3 is 2.90 bits per heavy atom.